The first-order valence-corrected chi connectivity index (χ1v) is 11.0. The number of aromatic nitrogens is 2. The van der Waals surface area contributed by atoms with Crippen LogP contribution >= 0.6 is 0 Å². The van der Waals surface area contributed by atoms with Crippen molar-refractivity contribution in [3.05, 3.63) is 60.4 Å². The van der Waals surface area contributed by atoms with Gasteiger partial charge < -0.3 is 18.7 Å². The first-order chi connectivity index (χ1) is 16.6. The standard InChI is InChI=1S/C23H22N6O5/c30-19-9-8-17(22-24-21(26-34-22)16-5-2-1-3-6-16)25-29(19)15-20(31)27-10-12-28(13-11-27)23(32)18-7-4-14-33-18/h1-7,14H,8-13,15H2. The van der Waals surface area contributed by atoms with Gasteiger partial charge in [0, 0.05) is 44.6 Å². The molecule has 3 amide bonds. The van der Waals surface area contributed by atoms with Crippen LogP contribution in [0.2, 0.25) is 0 Å². The highest BCUT2D eigenvalue weighted by Crippen LogP contribution is 2.19. The Morgan fingerprint density at radius 1 is 0.941 bits per heavy atom. The highest BCUT2D eigenvalue weighted by atomic mass is 16.5. The Hall–Kier alpha value is -4.28. The SMILES string of the molecule is O=C(CN1N=C(c2nc(-c3ccccc3)no2)CCC1=O)N1CCN(C(=O)c2ccco2)CC1. The number of furan rings is 1. The van der Waals surface area contributed by atoms with Crippen LogP contribution in [0, 0.1) is 0 Å². The quantitative estimate of drug-likeness (QED) is 0.564. The van der Waals surface area contributed by atoms with Gasteiger partial charge in [0.05, 0.1) is 6.26 Å². The molecule has 2 aliphatic rings. The summed E-state index contributed by atoms with van der Waals surface area (Å²) in [5.41, 5.74) is 1.28. The summed E-state index contributed by atoms with van der Waals surface area (Å²) in [5.74, 6) is 0.253. The largest absolute Gasteiger partial charge is 0.459 e. The van der Waals surface area contributed by atoms with Gasteiger partial charge in [-0.1, -0.05) is 35.5 Å². The lowest BCUT2D eigenvalue weighted by molar-refractivity contribution is -0.141. The molecule has 11 heteroatoms. The van der Waals surface area contributed by atoms with E-state index in [1.54, 1.807) is 21.9 Å². The van der Waals surface area contributed by atoms with Crippen LogP contribution < -0.4 is 0 Å². The molecule has 0 N–H and O–H groups in total. The molecule has 1 fully saturated rings. The molecule has 0 atom stereocenters. The monoisotopic (exact) mass is 462 g/mol. The molecule has 174 valence electrons. The van der Waals surface area contributed by atoms with Gasteiger partial charge in [-0.05, 0) is 12.1 Å². The molecule has 11 nitrogen and oxygen atoms in total. The molecular weight excluding hydrogens is 440 g/mol. The molecule has 2 aliphatic heterocycles. The number of hydrogen-bond donors (Lipinski definition) is 0. The summed E-state index contributed by atoms with van der Waals surface area (Å²) in [6.45, 7) is 1.33. The fourth-order valence-corrected chi connectivity index (χ4v) is 3.87. The van der Waals surface area contributed by atoms with Crippen molar-refractivity contribution in [2.24, 2.45) is 5.10 Å². The number of benzene rings is 1. The number of hydrogen-bond acceptors (Lipinski definition) is 8. The molecule has 1 saturated heterocycles. The first-order valence-electron chi connectivity index (χ1n) is 11.0. The minimum Gasteiger partial charge on any atom is -0.459 e. The second kappa shape index (κ2) is 9.30. The lowest BCUT2D eigenvalue weighted by atomic mass is 10.1. The van der Waals surface area contributed by atoms with Crippen molar-refractivity contribution in [2.75, 3.05) is 32.7 Å². The minimum absolute atomic E-state index is 0.186. The molecule has 34 heavy (non-hydrogen) atoms. The number of rotatable bonds is 5. The van der Waals surface area contributed by atoms with Gasteiger partial charge in [-0.15, -0.1) is 0 Å². The van der Waals surface area contributed by atoms with Crippen LogP contribution in [0.3, 0.4) is 0 Å². The number of carbonyl (C=O) groups excluding carboxylic acids is 3. The number of hydrazone groups is 1. The Kier molecular flexibility index (Phi) is 5.90. The first kappa shape index (κ1) is 21.6. The molecule has 2 aromatic heterocycles. The molecule has 0 aliphatic carbocycles. The molecule has 0 spiro atoms. The van der Waals surface area contributed by atoms with E-state index in [0.717, 1.165) is 10.6 Å². The van der Waals surface area contributed by atoms with E-state index >= 15 is 0 Å². The summed E-state index contributed by atoms with van der Waals surface area (Å²) >= 11 is 0. The Labute approximate surface area is 194 Å². The van der Waals surface area contributed by atoms with Crippen molar-refractivity contribution >= 4 is 23.4 Å². The Morgan fingerprint density at radius 3 is 2.44 bits per heavy atom. The van der Waals surface area contributed by atoms with E-state index in [1.165, 1.54) is 6.26 Å². The average molecular weight is 462 g/mol. The van der Waals surface area contributed by atoms with Gasteiger partial charge >= 0.3 is 0 Å². The van der Waals surface area contributed by atoms with Gasteiger partial charge in [-0.3, -0.25) is 14.4 Å². The molecular formula is C23H22N6O5. The van der Waals surface area contributed by atoms with Crippen molar-refractivity contribution < 1.29 is 23.3 Å². The van der Waals surface area contributed by atoms with Gasteiger partial charge in [-0.25, -0.2) is 5.01 Å². The number of carbonyl (C=O) groups is 3. The van der Waals surface area contributed by atoms with Crippen LogP contribution in [0.5, 0.6) is 0 Å². The lowest BCUT2D eigenvalue weighted by Gasteiger charge is -2.35. The summed E-state index contributed by atoms with van der Waals surface area (Å²) < 4.78 is 10.5. The molecule has 0 saturated carbocycles. The van der Waals surface area contributed by atoms with Gasteiger partial charge in [0.2, 0.25) is 17.6 Å². The lowest BCUT2D eigenvalue weighted by Crippen LogP contribution is -2.52. The Balaban J connectivity index is 1.21. The van der Waals surface area contributed by atoms with Crippen LogP contribution in [-0.2, 0) is 9.59 Å². The Bertz CT molecular complexity index is 1210. The van der Waals surface area contributed by atoms with Gasteiger partial charge in [0.15, 0.2) is 5.76 Å². The molecule has 5 rings (SSSR count). The third-order valence-corrected chi connectivity index (χ3v) is 5.75. The number of nitrogens with zero attached hydrogens (tertiary/aromatic N) is 6. The van der Waals surface area contributed by atoms with E-state index in [0.29, 0.717) is 44.1 Å². The van der Waals surface area contributed by atoms with Crippen molar-refractivity contribution in [3.8, 4) is 11.4 Å². The van der Waals surface area contributed by atoms with E-state index in [1.807, 2.05) is 30.3 Å². The van der Waals surface area contributed by atoms with Crippen molar-refractivity contribution in [3.63, 3.8) is 0 Å². The molecule has 4 heterocycles. The second-order valence-corrected chi connectivity index (χ2v) is 7.94. The molecule has 0 radical (unpaired) electrons. The van der Waals surface area contributed by atoms with Gasteiger partial charge in [-0.2, -0.15) is 10.1 Å². The van der Waals surface area contributed by atoms with E-state index in [4.69, 9.17) is 8.94 Å². The summed E-state index contributed by atoms with van der Waals surface area (Å²) in [5, 5.41) is 9.49. The average Bonchev–Trinajstić information content (AvgIpc) is 3.59. The smallest absolute Gasteiger partial charge is 0.289 e. The third-order valence-electron chi connectivity index (χ3n) is 5.75. The van der Waals surface area contributed by atoms with Crippen LogP contribution in [0.25, 0.3) is 11.4 Å². The Morgan fingerprint density at radius 2 is 1.71 bits per heavy atom. The zero-order valence-electron chi connectivity index (χ0n) is 18.3. The highest BCUT2D eigenvalue weighted by molar-refractivity contribution is 6.01. The molecule has 3 aromatic rings. The maximum Gasteiger partial charge on any atom is 0.289 e. The van der Waals surface area contributed by atoms with E-state index in [2.05, 4.69) is 15.2 Å². The number of piperazine rings is 1. The van der Waals surface area contributed by atoms with Crippen molar-refractivity contribution in [1.29, 1.82) is 0 Å². The minimum atomic E-state index is -0.244. The number of amides is 3. The van der Waals surface area contributed by atoms with Crippen molar-refractivity contribution in [1.82, 2.24) is 24.9 Å². The predicted molar refractivity (Wildman–Crippen MR) is 118 cm³/mol. The maximum absolute atomic E-state index is 12.8. The highest BCUT2D eigenvalue weighted by Gasteiger charge is 2.30. The van der Waals surface area contributed by atoms with Crippen LogP contribution in [0.15, 0.2) is 62.8 Å². The zero-order chi connectivity index (χ0) is 23.5. The van der Waals surface area contributed by atoms with Crippen LogP contribution in [-0.4, -0.2) is 81.1 Å². The molecule has 1 aromatic carbocycles. The molecule has 0 unspecified atom stereocenters. The van der Waals surface area contributed by atoms with Crippen molar-refractivity contribution in [2.45, 2.75) is 12.8 Å². The second-order valence-electron chi connectivity index (χ2n) is 7.94. The zero-order valence-corrected chi connectivity index (χ0v) is 18.3. The van der Waals surface area contributed by atoms with E-state index < -0.39 is 0 Å². The fourth-order valence-electron chi connectivity index (χ4n) is 3.87. The molecule has 0 bridgehead atoms. The van der Waals surface area contributed by atoms with Crippen LogP contribution in [0.4, 0.5) is 0 Å². The van der Waals surface area contributed by atoms with E-state index in [9.17, 15) is 14.4 Å². The summed E-state index contributed by atoms with van der Waals surface area (Å²) in [4.78, 5) is 45.3. The maximum atomic E-state index is 12.8. The predicted octanol–water partition coefficient (Wildman–Crippen LogP) is 1.64. The van der Waals surface area contributed by atoms with E-state index in [-0.39, 0.29) is 42.3 Å². The third kappa shape index (κ3) is 4.45. The van der Waals surface area contributed by atoms with Crippen LogP contribution in [0.1, 0.15) is 29.3 Å². The summed E-state index contributed by atoms with van der Waals surface area (Å²) in [7, 11) is 0. The summed E-state index contributed by atoms with van der Waals surface area (Å²) in [6, 6.07) is 12.7. The topological polar surface area (TPSA) is 125 Å². The normalized spacial score (nSPS) is 16.5. The fraction of sp³-hybridized carbons (Fsp3) is 0.304. The van der Waals surface area contributed by atoms with Gasteiger partial charge in [0.25, 0.3) is 11.8 Å². The summed E-state index contributed by atoms with van der Waals surface area (Å²) in [6.07, 6.45) is 2.00. The van der Waals surface area contributed by atoms with Gasteiger partial charge in [0.1, 0.15) is 12.3 Å².